The molecule has 0 radical (unpaired) electrons. The third-order valence-corrected chi connectivity index (χ3v) is 9.65. The number of carboxylic acids is 1. The summed E-state index contributed by atoms with van der Waals surface area (Å²) in [6.45, 7) is 0. The summed E-state index contributed by atoms with van der Waals surface area (Å²) in [5, 5.41) is 30.4. The zero-order valence-corrected chi connectivity index (χ0v) is 27.7. The maximum atomic E-state index is 13.6. The third-order valence-electron chi connectivity index (χ3n) is 7.60. The van der Waals surface area contributed by atoms with Gasteiger partial charge in [-0.15, -0.1) is 5.10 Å². The number of amides is 5. The second kappa shape index (κ2) is 14.3. The van der Waals surface area contributed by atoms with Gasteiger partial charge in [-0.2, -0.15) is 4.68 Å². The monoisotopic (exact) mass is 734 g/mol. The molecule has 51 heavy (non-hydrogen) atoms. The van der Waals surface area contributed by atoms with Gasteiger partial charge < -0.3 is 31.4 Å². The van der Waals surface area contributed by atoms with Gasteiger partial charge in [0.15, 0.2) is 0 Å². The molecule has 7 N–H and O–H groups in total. The summed E-state index contributed by atoms with van der Waals surface area (Å²) in [6.07, 6.45) is 2.11. The van der Waals surface area contributed by atoms with E-state index in [0.29, 0.717) is 35.0 Å². The molecule has 18 nitrogen and oxygen atoms in total. The highest BCUT2D eigenvalue weighted by molar-refractivity contribution is 7.91. The molecule has 6 rings (SSSR count). The number of carbonyl (C=O) groups is 5. The Balaban J connectivity index is 1.19. The number of nitrogens with one attached hydrogen (secondary N) is 6. The smallest absolute Gasteiger partial charge is 0.352 e. The first kappa shape index (κ1) is 34.5. The molecule has 2 heterocycles. The van der Waals surface area contributed by atoms with E-state index in [1.165, 1.54) is 59.5 Å². The van der Waals surface area contributed by atoms with Crippen LogP contribution in [0.5, 0.6) is 0 Å². The Labute approximate surface area is 293 Å². The standard InChI is InChI=1S/C31H27ClN10O8S/c32-18-3-10-26(42-15-33-40-41-42)23(14-18)37-28(44)29(45)38-24(27(43)34-20-6-9-22-17(12-20)13-25(36-22)30(46)47)11-16-1-4-19(5-2-16)35-31(48)39-51(49,50)21-7-8-21/h1-6,9-10,12-15,21,24,36H,7-8,11H2,(H,34,43)(H,37,44)(H,38,45)(H,46,47)(H2,35,39,48). The molecule has 262 valence electrons. The SMILES string of the molecule is O=C(Nc1ccc(CC(NC(=O)C(=O)Nc2cc(Cl)ccc2-n2cnnn2)C(=O)Nc2ccc3[nH]c(C(=O)O)cc3c2)cc1)NS(=O)(=O)C1CC1. The number of tetrazole rings is 1. The van der Waals surface area contributed by atoms with Crippen molar-refractivity contribution in [3.05, 3.63) is 89.3 Å². The van der Waals surface area contributed by atoms with Crippen LogP contribution >= 0.6 is 11.6 Å². The molecular formula is C31H27ClN10O8S. The van der Waals surface area contributed by atoms with Crippen LogP contribution in [-0.4, -0.2) is 79.7 Å². The molecule has 0 bridgehead atoms. The van der Waals surface area contributed by atoms with Gasteiger partial charge in [-0.3, -0.25) is 14.4 Å². The van der Waals surface area contributed by atoms with Crippen molar-refractivity contribution in [3.8, 4) is 5.69 Å². The van der Waals surface area contributed by atoms with E-state index in [-0.39, 0.29) is 34.2 Å². The first-order valence-corrected chi connectivity index (χ1v) is 17.0. The van der Waals surface area contributed by atoms with Crippen molar-refractivity contribution in [2.75, 3.05) is 16.0 Å². The number of fused-ring (bicyclic) bond motifs is 1. The summed E-state index contributed by atoms with van der Waals surface area (Å²) >= 11 is 6.12. The molecule has 1 unspecified atom stereocenters. The molecule has 5 amide bonds. The fourth-order valence-electron chi connectivity index (χ4n) is 4.95. The number of hydrogen-bond donors (Lipinski definition) is 7. The molecule has 1 aliphatic rings. The molecule has 0 spiro atoms. The number of sulfonamides is 1. The lowest BCUT2D eigenvalue weighted by atomic mass is 10.0. The molecule has 1 saturated carbocycles. The minimum Gasteiger partial charge on any atom is -0.477 e. The van der Waals surface area contributed by atoms with Gasteiger partial charge >= 0.3 is 23.8 Å². The molecule has 0 saturated heterocycles. The second-order valence-electron chi connectivity index (χ2n) is 11.4. The number of H-pyrrole nitrogens is 1. The number of hydrogen-bond acceptors (Lipinski definition) is 10. The number of rotatable bonds is 11. The van der Waals surface area contributed by atoms with Gasteiger partial charge in [0.25, 0.3) is 0 Å². The first-order valence-electron chi connectivity index (χ1n) is 15.1. The first-order chi connectivity index (χ1) is 24.3. The van der Waals surface area contributed by atoms with Gasteiger partial charge in [0.05, 0.1) is 16.6 Å². The van der Waals surface area contributed by atoms with Gasteiger partial charge in [-0.25, -0.2) is 22.7 Å². The Bertz CT molecular complexity index is 2270. The molecule has 2 aromatic heterocycles. The minimum atomic E-state index is -3.76. The lowest BCUT2D eigenvalue weighted by Gasteiger charge is -2.19. The quantitative estimate of drug-likeness (QED) is 0.0970. The Morgan fingerprint density at radius 1 is 0.922 bits per heavy atom. The van der Waals surface area contributed by atoms with Gasteiger partial charge in [-0.1, -0.05) is 23.7 Å². The molecule has 5 aromatic rings. The van der Waals surface area contributed by atoms with E-state index >= 15 is 0 Å². The summed E-state index contributed by atoms with van der Waals surface area (Å²) < 4.78 is 27.3. The summed E-state index contributed by atoms with van der Waals surface area (Å²) in [4.78, 5) is 66.3. The van der Waals surface area contributed by atoms with Gasteiger partial charge in [0.1, 0.15) is 18.1 Å². The molecule has 1 aliphatic carbocycles. The van der Waals surface area contributed by atoms with Crippen LogP contribution in [0.4, 0.5) is 21.9 Å². The van der Waals surface area contributed by atoms with Crippen molar-refractivity contribution in [1.29, 1.82) is 0 Å². The van der Waals surface area contributed by atoms with E-state index in [0.717, 1.165) is 0 Å². The van der Waals surface area contributed by atoms with Crippen LogP contribution in [0.1, 0.15) is 28.9 Å². The Morgan fingerprint density at radius 2 is 1.67 bits per heavy atom. The number of benzene rings is 3. The maximum Gasteiger partial charge on any atom is 0.352 e. The second-order valence-corrected chi connectivity index (χ2v) is 13.8. The highest BCUT2D eigenvalue weighted by Crippen LogP contribution is 2.27. The number of aromatic carboxylic acids is 1. The number of carboxylic acid groups (broad SMARTS) is 1. The highest BCUT2D eigenvalue weighted by atomic mass is 35.5. The van der Waals surface area contributed by atoms with Gasteiger partial charge in [0, 0.05) is 33.7 Å². The van der Waals surface area contributed by atoms with Crippen molar-refractivity contribution < 1.29 is 37.5 Å². The van der Waals surface area contributed by atoms with Crippen LogP contribution in [0.3, 0.4) is 0 Å². The number of aromatic nitrogens is 5. The van der Waals surface area contributed by atoms with E-state index < -0.39 is 51.0 Å². The molecule has 0 aliphatic heterocycles. The van der Waals surface area contributed by atoms with Crippen molar-refractivity contribution in [2.24, 2.45) is 0 Å². The summed E-state index contributed by atoms with van der Waals surface area (Å²) in [5.41, 5.74) is 1.91. The average Bonchev–Trinajstić information content (AvgIpc) is 3.65. The number of nitrogens with zero attached hydrogens (tertiary/aromatic N) is 4. The zero-order chi connectivity index (χ0) is 36.3. The van der Waals surface area contributed by atoms with Crippen LogP contribution in [0.15, 0.2) is 73.1 Å². The zero-order valence-electron chi connectivity index (χ0n) is 26.1. The topological polar surface area (TPSA) is 259 Å². The van der Waals surface area contributed by atoms with Crippen LogP contribution in [0.2, 0.25) is 5.02 Å². The Morgan fingerprint density at radius 3 is 2.35 bits per heavy atom. The number of urea groups is 1. The third kappa shape index (κ3) is 8.46. The van der Waals surface area contributed by atoms with Crippen molar-refractivity contribution >= 4 is 79.3 Å². The largest absolute Gasteiger partial charge is 0.477 e. The van der Waals surface area contributed by atoms with E-state index in [1.54, 1.807) is 18.2 Å². The normalized spacial score (nSPS) is 13.2. The van der Waals surface area contributed by atoms with E-state index in [9.17, 15) is 37.5 Å². The summed E-state index contributed by atoms with van der Waals surface area (Å²) in [7, 11) is -3.76. The van der Waals surface area contributed by atoms with Crippen molar-refractivity contribution in [3.63, 3.8) is 0 Å². The Kier molecular flexibility index (Phi) is 9.65. The van der Waals surface area contributed by atoms with Gasteiger partial charge in [-0.05, 0) is 83.4 Å². The minimum absolute atomic E-state index is 0.0486. The van der Waals surface area contributed by atoms with Crippen LogP contribution in [-0.2, 0) is 30.8 Å². The summed E-state index contributed by atoms with van der Waals surface area (Å²) in [5.74, 6) is -4.18. The number of carbonyl (C=O) groups excluding carboxylic acids is 4. The number of aromatic amines is 1. The number of anilines is 3. The van der Waals surface area contributed by atoms with Gasteiger partial charge in [0.2, 0.25) is 15.9 Å². The lowest BCUT2D eigenvalue weighted by molar-refractivity contribution is -0.137. The van der Waals surface area contributed by atoms with Crippen molar-refractivity contribution in [2.45, 2.75) is 30.6 Å². The molecule has 1 atom stereocenters. The maximum absolute atomic E-state index is 13.6. The van der Waals surface area contributed by atoms with Crippen LogP contribution in [0.25, 0.3) is 16.6 Å². The van der Waals surface area contributed by atoms with E-state index in [2.05, 4.69) is 41.8 Å². The number of halogens is 1. The fraction of sp³-hybridized carbons (Fsp3) is 0.161. The Hall–Kier alpha value is -6.34. The molecule has 1 fully saturated rings. The van der Waals surface area contributed by atoms with E-state index in [1.807, 2.05) is 4.72 Å². The van der Waals surface area contributed by atoms with Crippen LogP contribution in [0, 0.1) is 0 Å². The molecular weight excluding hydrogens is 708 g/mol. The predicted molar refractivity (Wildman–Crippen MR) is 183 cm³/mol. The summed E-state index contributed by atoms with van der Waals surface area (Å²) in [6, 6.07) is 14.3. The van der Waals surface area contributed by atoms with Crippen LogP contribution < -0.4 is 26.0 Å². The van der Waals surface area contributed by atoms with Crippen molar-refractivity contribution in [1.82, 2.24) is 35.2 Å². The predicted octanol–water partition coefficient (Wildman–Crippen LogP) is 2.41. The fourth-order valence-corrected chi connectivity index (χ4v) is 6.36. The highest BCUT2D eigenvalue weighted by Gasteiger charge is 2.37. The molecule has 3 aromatic carbocycles. The lowest BCUT2D eigenvalue weighted by Crippen LogP contribution is -2.49. The molecule has 20 heteroatoms. The van der Waals surface area contributed by atoms with E-state index in [4.69, 9.17) is 11.6 Å². The average molecular weight is 735 g/mol.